The zero-order chi connectivity index (χ0) is 13.3. The topological polar surface area (TPSA) is 75.6 Å². The number of amides is 1. The molecule has 0 rings (SSSR count). The Morgan fingerprint density at radius 3 is 2.47 bits per heavy atom. The van der Waals surface area contributed by atoms with Crippen molar-refractivity contribution >= 4 is 11.9 Å². The van der Waals surface area contributed by atoms with E-state index in [-0.39, 0.29) is 17.9 Å². The van der Waals surface area contributed by atoms with Gasteiger partial charge in [-0.1, -0.05) is 6.92 Å². The lowest BCUT2D eigenvalue weighted by Crippen LogP contribution is -2.26. The van der Waals surface area contributed by atoms with E-state index in [0.717, 1.165) is 0 Å². The fourth-order valence-corrected chi connectivity index (χ4v) is 1.30. The minimum absolute atomic E-state index is 0.00289. The van der Waals surface area contributed by atoms with Crippen molar-refractivity contribution in [2.24, 2.45) is 5.92 Å². The fourth-order valence-electron chi connectivity index (χ4n) is 1.30. The standard InChI is InChI=1S/C12H23NO4/c1-9(12(15)16)5-4-8-13-11(14)7-6-10(2)17-3/h9-10H,4-8H2,1-3H3,(H,13,14)(H,15,16). The highest BCUT2D eigenvalue weighted by atomic mass is 16.5. The first-order valence-corrected chi connectivity index (χ1v) is 5.99. The molecule has 0 aliphatic carbocycles. The number of ether oxygens (including phenoxy) is 1. The van der Waals surface area contributed by atoms with E-state index in [2.05, 4.69) is 5.32 Å². The Labute approximate surface area is 103 Å². The smallest absolute Gasteiger partial charge is 0.306 e. The number of hydrogen-bond donors (Lipinski definition) is 2. The van der Waals surface area contributed by atoms with E-state index in [1.165, 1.54) is 0 Å². The molecule has 5 heteroatoms. The van der Waals surface area contributed by atoms with Gasteiger partial charge in [-0.3, -0.25) is 9.59 Å². The first-order valence-electron chi connectivity index (χ1n) is 5.99. The first kappa shape index (κ1) is 15.9. The highest BCUT2D eigenvalue weighted by molar-refractivity contribution is 5.75. The Balaban J connectivity index is 3.48. The van der Waals surface area contributed by atoms with Crippen molar-refractivity contribution in [1.29, 1.82) is 0 Å². The summed E-state index contributed by atoms with van der Waals surface area (Å²) in [6.45, 7) is 4.13. The van der Waals surface area contributed by atoms with Crippen LogP contribution in [-0.2, 0) is 14.3 Å². The second kappa shape index (κ2) is 8.98. The van der Waals surface area contributed by atoms with Gasteiger partial charge in [0.1, 0.15) is 0 Å². The molecule has 1 amide bonds. The Bertz CT molecular complexity index is 243. The van der Waals surface area contributed by atoms with Crippen molar-refractivity contribution < 1.29 is 19.4 Å². The van der Waals surface area contributed by atoms with Crippen LogP contribution in [0.2, 0.25) is 0 Å². The van der Waals surface area contributed by atoms with Crippen molar-refractivity contribution in [3.63, 3.8) is 0 Å². The number of methoxy groups -OCH3 is 1. The number of carboxylic acids is 1. The second-order valence-electron chi connectivity index (χ2n) is 4.32. The largest absolute Gasteiger partial charge is 0.481 e. The molecule has 2 atom stereocenters. The van der Waals surface area contributed by atoms with E-state index in [1.54, 1.807) is 14.0 Å². The minimum Gasteiger partial charge on any atom is -0.481 e. The van der Waals surface area contributed by atoms with Crippen LogP contribution in [0.3, 0.4) is 0 Å². The molecule has 0 aromatic rings. The van der Waals surface area contributed by atoms with Crippen molar-refractivity contribution in [1.82, 2.24) is 5.32 Å². The summed E-state index contributed by atoms with van der Waals surface area (Å²) in [6, 6.07) is 0. The average molecular weight is 245 g/mol. The van der Waals surface area contributed by atoms with Crippen molar-refractivity contribution in [3.8, 4) is 0 Å². The molecule has 2 N–H and O–H groups in total. The van der Waals surface area contributed by atoms with Crippen molar-refractivity contribution in [2.75, 3.05) is 13.7 Å². The summed E-state index contributed by atoms with van der Waals surface area (Å²) in [5, 5.41) is 11.4. The van der Waals surface area contributed by atoms with Gasteiger partial charge in [-0.2, -0.15) is 0 Å². The molecule has 0 aromatic carbocycles. The maximum absolute atomic E-state index is 11.4. The van der Waals surface area contributed by atoms with E-state index in [0.29, 0.717) is 32.2 Å². The van der Waals surface area contributed by atoms with Crippen molar-refractivity contribution in [2.45, 2.75) is 45.6 Å². The SMILES string of the molecule is COC(C)CCC(=O)NCCCC(C)C(=O)O. The molecular formula is C12H23NO4. The summed E-state index contributed by atoms with van der Waals surface area (Å²) in [7, 11) is 1.62. The monoisotopic (exact) mass is 245 g/mol. The molecule has 0 fully saturated rings. The third-order valence-electron chi connectivity index (χ3n) is 2.74. The molecule has 0 radical (unpaired) electrons. The predicted molar refractivity (Wildman–Crippen MR) is 64.7 cm³/mol. The number of carbonyl (C=O) groups excluding carboxylic acids is 1. The molecular weight excluding hydrogens is 222 g/mol. The van der Waals surface area contributed by atoms with Gasteiger partial charge in [0.15, 0.2) is 0 Å². The molecule has 0 spiro atoms. The second-order valence-corrected chi connectivity index (χ2v) is 4.32. The van der Waals surface area contributed by atoms with E-state index in [9.17, 15) is 9.59 Å². The third-order valence-corrected chi connectivity index (χ3v) is 2.74. The summed E-state index contributed by atoms with van der Waals surface area (Å²) >= 11 is 0. The summed E-state index contributed by atoms with van der Waals surface area (Å²) in [5.74, 6) is -1.14. The highest BCUT2D eigenvalue weighted by Gasteiger charge is 2.10. The highest BCUT2D eigenvalue weighted by Crippen LogP contribution is 2.04. The van der Waals surface area contributed by atoms with Gasteiger partial charge in [0.25, 0.3) is 0 Å². The number of hydrogen-bond acceptors (Lipinski definition) is 3. The Morgan fingerprint density at radius 1 is 1.29 bits per heavy atom. The van der Waals surface area contributed by atoms with Gasteiger partial charge in [-0.25, -0.2) is 0 Å². The fraction of sp³-hybridized carbons (Fsp3) is 0.833. The van der Waals surface area contributed by atoms with Crippen LogP contribution in [0.5, 0.6) is 0 Å². The number of rotatable bonds is 9. The van der Waals surface area contributed by atoms with Gasteiger partial charge >= 0.3 is 5.97 Å². The van der Waals surface area contributed by atoms with Crippen LogP contribution in [0.25, 0.3) is 0 Å². The van der Waals surface area contributed by atoms with E-state index in [1.807, 2.05) is 6.92 Å². The van der Waals surface area contributed by atoms with Gasteiger partial charge in [-0.05, 0) is 26.2 Å². The summed E-state index contributed by atoms with van der Waals surface area (Å²) in [4.78, 5) is 21.9. The van der Waals surface area contributed by atoms with Gasteiger partial charge in [0.2, 0.25) is 5.91 Å². The maximum atomic E-state index is 11.4. The summed E-state index contributed by atoms with van der Waals surface area (Å²) < 4.78 is 5.04. The molecule has 0 saturated carbocycles. The van der Waals surface area contributed by atoms with Gasteiger partial charge in [-0.15, -0.1) is 0 Å². The molecule has 5 nitrogen and oxygen atoms in total. The molecule has 17 heavy (non-hydrogen) atoms. The van der Waals surface area contributed by atoms with E-state index in [4.69, 9.17) is 9.84 Å². The molecule has 0 aromatic heterocycles. The van der Waals surface area contributed by atoms with E-state index >= 15 is 0 Å². The lowest BCUT2D eigenvalue weighted by Gasteiger charge is -2.10. The van der Waals surface area contributed by atoms with Gasteiger partial charge in [0.05, 0.1) is 12.0 Å². The Morgan fingerprint density at radius 2 is 1.94 bits per heavy atom. The molecule has 2 unspecified atom stereocenters. The molecule has 0 aliphatic rings. The Kier molecular flexibility index (Phi) is 8.40. The zero-order valence-corrected chi connectivity index (χ0v) is 10.9. The quantitative estimate of drug-likeness (QED) is 0.602. The minimum atomic E-state index is -0.787. The zero-order valence-electron chi connectivity index (χ0n) is 10.9. The molecule has 0 bridgehead atoms. The predicted octanol–water partition coefficient (Wildman–Crippen LogP) is 1.42. The van der Waals surface area contributed by atoms with Gasteiger partial charge in [0, 0.05) is 20.1 Å². The van der Waals surface area contributed by atoms with Crippen LogP contribution < -0.4 is 5.32 Å². The molecule has 0 aliphatic heterocycles. The van der Waals surface area contributed by atoms with Crippen molar-refractivity contribution in [3.05, 3.63) is 0 Å². The third kappa shape index (κ3) is 8.68. The Hall–Kier alpha value is -1.10. The summed E-state index contributed by atoms with van der Waals surface area (Å²) in [5.41, 5.74) is 0. The lowest BCUT2D eigenvalue weighted by atomic mass is 10.1. The van der Waals surface area contributed by atoms with Crippen LogP contribution in [0, 0.1) is 5.92 Å². The van der Waals surface area contributed by atoms with Crippen LogP contribution in [0.4, 0.5) is 0 Å². The lowest BCUT2D eigenvalue weighted by molar-refractivity contribution is -0.141. The van der Waals surface area contributed by atoms with Crippen LogP contribution in [-0.4, -0.2) is 36.7 Å². The molecule has 0 saturated heterocycles. The van der Waals surface area contributed by atoms with Crippen LogP contribution in [0.15, 0.2) is 0 Å². The normalized spacial score (nSPS) is 14.1. The number of aliphatic carboxylic acids is 1. The molecule has 100 valence electrons. The molecule has 0 heterocycles. The van der Waals surface area contributed by atoms with E-state index < -0.39 is 5.97 Å². The number of carboxylic acid groups (broad SMARTS) is 1. The maximum Gasteiger partial charge on any atom is 0.306 e. The van der Waals surface area contributed by atoms with Gasteiger partial charge < -0.3 is 15.2 Å². The number of carbonyl (C=O) groups is 2. The first-order chi connectivity index (χ1) is 7.97. The summed E-state index contributed by atoms with van der Waals surface area (Å²) in [6.07, 6.45) is 2.52. The van der Waals surface area contributed by atoms with Crippen LogP contribution >= 0.6 is 0 Å². The average Bonchev–Trinajstić information content (AvgIpc) is 2.30. The number of nitrogens with one attached hydrogen (secondary N) is 1. The van der Waals surface area contributed by atoms with Crippen LogP contribution in [0.1, 0.15) is 39.5 Å².